The third-order valence-electron chi connectivity index (χ3n) is 5.16. The van der Waals surface area contributed by atoms with Crippen LogP contribution in [0.25, 0.3) is 0 Å². The first-order chi connectivity index (χ1) is 14.0. The van der Waals surface area contributed by atoms with Crippen LogP contribution < -0.4 is 0 Å². The Morgan fingerprint density at radius 2 is 2.03 bits per heavy atom. The number of rotatable bonds is 4. The number of hydrogen-bond donors (Lipinski definition) is 4. The number of phenolic OH excluding ortho intramolecular Hbond substituents is 2. The molecule has 0 spiro atoms. The van der Waals surface area contributed by atoms with Crippen molar-refractivity contribution < 1.29 is 39.5 Å². The van der Waals surface area contributed by atoms with E-state index in [1.54, 1.807) is 19.1 Å². The van der Waals surface area contributed by atoms with Crippen LogP contribution in [0, 0.1) is 12.8 Å². The number of aromatic hydroxyl groups is 2. The molecule has 2 aliphatic rings. The number of aliphatic hydroxyl groups is 2. The monoisotopic (exact) mass is 416 g/mol. The molecule has 30 heavy (non-hydrogen) atoms. The molecule has 0 fully saturated rings. The molecule has 0 bridgehead atoms. The summed E-state index contributed by atoms with van der Waals surface area (Å²) >= 11 is 0. The average molecular weight is 416 g/mol. The Hall–Kier alpha value is -3.10. The molecular formula is C22H24O8. The number of allylic oxidation sites excluding steroid dienone is 2. The molecule has 0 amide bonds. The van der Waals surface area contributed by atoms with Crippen LogP contribution in [0.5, 0.6) is 11.5 Å². The Bertz CT molecular complexity index is 944. The Morgan fingerprint density at radius 3 is 2.67 bits per heavy atom. The van der Waals surface area contributed by atoms with E-state index in [-0.39, 0.29) is 23.5 Å². The Balaban J connectivity index is 1.93. The van der Waals surface area contributed by atoms with Gasteiger partial charge in [-0.15, -0.1) is 0 Å². The van der Waals surface area contributed by atoms with Gasteiger partial charge in [0, 0.05) is 6.07 Å². The molecule has 1 aromatic carbocycles. The van der Waals surface area contributed by atoms with E-state index in [1.807, 2.05) is 0 Å². The Morgan fingerprint density at radius 1 is 1.33 bits per heavy atom. The van der Waals surface area contributed by atoms with Crippen LogP contribution >= 0.6 is 0 Å². The summed E-state index contributed by atoms with van der Waals surface area (Å²) in [4.78, 5) is 25.3. The number of ketones is 1. The molecule has 8 heteroatoms. The van der Waals surface area contributed by atoms with Crippen molar-refractivity contribution in [3.05, 3.63) is 58.9 Å². The molecule has 1 aliphatic heterocycles. The fourth-order valence-electron chi connectivity index (χ4n) is 3.55. The highest BCUT2D eigenvalue weighted by molar-refractivity contribution is 6.00. The van der Waals surface area contributed by atoms with Crippen molar-refractivity contribution in [2.75, 3.05) is 6.61 Å². The van der Waals surface area contributed by atoms with Gasteiger partial charge >= 0.3 is 5.97 Å². The maximum absolute atomic E-state index is 12.8. The van der Waals surface area contributed by atoms with Gasteiger partial charge in [-0.1, -0.05) is 6.08 Å². The predicted octanol–water partition coefficient (Wildman–Crippen LogP) is 1.66. The molecular weight excluding hydrogens is 392 g/mol. The fourth-order valence-corrected chi connectivity index (χ4v) is 3.55. The summed E-state index contributed by atoms with van der Waals surface area (Å²) < 4.78 is 11.1. The molecule has 8 nitrogen and oxygen atoms in total. The largest absolute Gasteiger partial charge is 0.508 e. The van der Waals surface area contributed by atoms with Crippen molar-refractivity contribution in [3.63, 3.8) is 0 Å². The lowest BCUT2D eigenvalue weighted by atomic mass is 9.75. The topological polar surface area (TPSA) is 134 Å². The maximum Gasteiger partial charge on any atom is 0.342 e. The van der Waals surface area contributed by atoms with E-state index in [4.69, 9.17) is 9.47 Å². The summed E-state index contributed by atoms with van der Waals surface area (Å²) in [6.45, 7) is 4.39. The third-order valence-corrected chi connectivity index (χ3v) is 5.16. The van der Waals surface area contributed by atoms with Crippen LogP contribution in [0.4, 0.5) is 0 Å². The van der Waals surface area contributed by atoms with Gasteiger partial charge in [-0.25, -0.2) is 4.79 Å². The number of fused-ring (bicyclic) bond motifs is 1. The van der Waals surface area contributed by atoms with Crippen LogP contribution in [0.15, 0.2) is 47.8 Å². The summed E-state index contributed by atoms with van der Waals surface area (Å²) in [5.41, 5.74) is -1.36. The first-order valence-electron chi connectivity index (χ1n) is 9.43. The smallest absolute Gasteiger partial charge is 0.342 e. The normalized spacial score (nSPS) is 27.0. The molecule has 1 aliphatic carbocycles. The van der Waals surface area contributed by atoms with Crippen molar-refractivity contribution in [2.45, 2.75) is 38.6 Å². The van der Waals surface area contributed by atoms with Gasteiger partial charge in [0.1, 0.15) is 28.9 Å². The molecule has 3 rings (SSSR count). The second-order valence-electron chi connectivity index (χ2n) is 7.70. The number of benzene rings is 1. The van der Waals surface area contributed by atoms with Gasteiger partial charge in [0.25, 0.3) is 0 Å². The lowest BCUT2D eigenvalue weighted by Gasteiger charge is -2.41. The van der Waals surface area contributed by atoms with Gasteiger partial charge in [-0.3, -0.25) is 4.79 Å². The van der Waals surface area contributed by atoms with E-state index in [9.17, 15) is 30.0 Å². The summed E-state index contributed by atoms with van der Waals surface area (Å²) in [5.74, 6) is -2.45. The molecule has 0 saturated carbocycles. The minimum Gasteiger partial charge on any atom is -0.508 e. The molecule has 0 unspecified atom stereocenters. The highest BCUT2D eigenvalue weighted by Crippen LogP contribution is 2.38. The summed E-state index contributed by atoms with van der Waals surface area (Å²) in [6.07, 6.45) is 4.02. The average Bonchev–Trinajstić information content (AvgIpc) is 2.63. The van der Waals surface area contributed by atoms with Crippen LogP contribution in [-0.2, 0) is 14.3 Å². The Labute approximate surface area is 173 Å². The second kappa shape index (κ2) is 7.97. The zero-order valence-corrected chi connectivity index (χ0v) is 16.8. The molecule has 0 saturated heterocycles. The minimum atomic E-state index is -1.99. The summed E-state index contributed by atoms with van der Waals surface area (Å²) in [7, 11) is 0. The maximum atomic E-state index is 12.8. The van der Waals surface area contributed by atoms with Crippen LogP contribution in [0.1, 0.15) is 29.8 Å². The number of ether oxygens (including phenoxy) is 2. The fraction of sp³-hybridized carbons (Fsp3) is 0.364. The molecule has 1 heterocycles. The van der Waals surface area contributed by atoms with Crippen LogP contribution in [0.3, 0.4) is 0 Å². The number of carbonyl (C=O) groups excluding carboxylic acids is 2. The zero-order chi connectivity index (χ0) is 22.2. The number of esters is 1. The highest BCUT2D eigenvalue weighted by atomic mass is 16.6. The molecule has 0 radical (unpaired) electrons. The van der Waals surface area contributed by atoms with E-state index in [2.05, 4.69) is 0 Å². The zero-order valence-electron chi connectivity index (χ0n) is 16.8. The SMILES string of the molecule is Cc1cc(O)cc(O)c1C(=O)O[C@H]1[C@@H]2COC(/C=C/[C@H](C)O)=CC2=CC(=O)[C@@]1(C)O. The standard InChI is InChI=1S/C22H24O8/c1-11-6-14(24)9-17(25)19(11)21(27)30-20-16-10-29-15(5-4-12(2)23)7-13(16)8-18(26)22(20,3)28/h4-9,12,16,20,23-25,28H,10H2,1-3H3/b5-4+/t12-,16+,20-,22+/m0/s1. The molecule has 160 valence electrons. The third kappa shape index (κ3) is 4.10. The van der Waals surface area contributed by atoms with Gasteiger partial charge in [-0.05, 0) is 56.2 Å². The van der Waals surface area contributed by atoms with Gasteiger partial charge in [-0.2, -0.15) is 0 Å². The summed E-state index contributed by atoms with van der Waals surface area (Å²) in [5, 5.41) is 39.7. The first kappa shape index (κ1) is 21.6. The van der Waals surface area contributed by atoms with Crippen molar-refractivity contribution in [2.24, 2.45) is 5.92 Å². The van der Waals surface area contributed by atoms with Crippen LogP contribution in [0.2, 0.25) is 0 Å². The van der Waals surface area contributed by atoms with Crippen molar-refractivity contribution >= 4 is 11.8 Å². The van der Waals surface area contributed by atoms with Crippen molar-refractivity contribution in [3.8, 4) is 11.5 Å². The van der Waals surface area contributed by atoms with E-state index in [1.165, 1.54) is 32.1 Å². The van der Waals surface area contributed by atoms with Gasteiger partial charge < -0.3 is 29.9 Å². The number of aryl methyl sites for hydroxylation is 1. The Kier molecular flexibility index (Phi) is 5.74. The lowest BCUT2D eigenvalue weighted by Crippen LogP contribution is -2.56. The lowest BCUT2D eigenvalue weighted by molar-refractivity contribution is -0.151. The first-order valence-corrected chi connectivity index (χ1v) is 9.43. The quantitative estimate of drug-likeness (QED) is 0.545. The highest BCUT2D eigenvalue weighted by Gasteiger charge is 2.51. The van der Waals surface area contributed by atoms with Gasteiger partial charge in [0.2, 0.25) is 0 Å². The molecule has 4 atom stereocenters. The summed E-state index contributed by atoms with van der Waals surface area (Å²) in [6, 6.07) is 2.30. The number of phenols is 2. The van der Waals surface area contributed by atoms with Gasteiger partial charge in [0.05, 0.1) is 18.6 Å². The number of carbonyl (C=O) groups is 2. The number of hydrogen-bond acceptors (Lipinski definition) is 8. The molecule has 1 aromatic rings. The molecule has 0 aromatic heterocycles. The second-order valence-corrected chi connectivity index (χ2v) is 7.70. The van der Waals surface area contributed by atoms with E-state index in [0.29, 0.717) is 11.3 Å². The van der Waals surface area contributed by atoms with E-state index >= 15 is 0 Å². The van der Waals surface area contributed by atoms with Crippen molar-refractivity contribution in [1.82, 2.24) is 0 Å². The van der Waals surface area contributed by atoms with E-state index < -0.39 is 41.2 Å². The van der Waals surface area contributed by atoms with Crippen LogP contribution in [-0.4, -0.2) is 56.6 Å². The minimum absolute atomic E-state index is 0.0315. The van der Waals surface area contributed by atoms with Gasteiger partial charge in [0.15, 0.2) is 11.4 Å². The number of aliphatic hydroxyl groups excluding tert-OH is 1. The molecule has 4 N–H and O–H groups in total. The van der Waals surface area contributed by atoms with E-state index in [0.717, 1.165) is 6.07 Å². The predicted molar refractivity (Wildman–Crippen MR) is 106 cm³/mol. The van der Waals surface area contributed by atoms with Crippen molar-refractivity contribution in [1.29, 1.82) is 0 Å².